The number of carboxylic acids is 1. The van der Waals surface area contributed by atoms with E-state index in [-0.39, 0.29) is 61.1 Å². The van der Waals surface area contributed by atoms with Crippen LogP contribution < -0.4 is 103 Å². The van der Waals surface area contributed by atoms with Crippen LogP contribution in [0, 0.1) is 0 Å². The molecule has 42 heteroatoms. The lowest BCUT2D eigenvalue weighted by Gasteiger charge is -2.18. The van der Waals surface area contributed by atoms with Crippen molar-refractivity contribution >= 4 is 130 Å². The maximum absolute atomic E-state index is 13.7. The first-order valence-corrected chi connectivity index (χ1v) is 30.0. The number of carboxylic acid groups (broad SMARTS) is 1. The van der Waals surface area contributed by atoms with Crippen molar-refractivity contribution in [1.29, 1.82) is 0 Å². The number of thioether (sulfide) groups is 3. The summed E-state index contributed by atoms with van der Waals surface area (Å²) in [6.07, 6.45) is -0.758. The van der Waals surface area contributed by atoms with Crippen molar-refractivity contribution in [2.45, 2.75) is 56.4 Å². The second kappa shape index (κ2) is 39.6. The summed E-state index contributed by atoms with van der Waals surface area (Å²) < 4.78 is 1.86. The Labute approximate surface area is 510 Å². The van der Waals surface area contributed by atoms with E-state index in [1.54, 1.807) is 0 Å². The number of nitrogens with zero attached hydrogens (tertiary/aromatic N) is 3. The highest BCUT2D eigenvalue weighted by Crippen LogP contribution is 2.10. The quantitative estimate of drug-likeness (QED) is 0.124. The summed E-state index contributed by atoms with van der Waals surface area (Å²) in [5.74, 6) is -14.5. The van der Waals surface area contributed by atoms with Gasteiger partial charge in [0, 0.05) is 87.3 Å². The molecule has 0 spiro atoms. The third-order valence-electron chi connectivity index (χ3n) is 11.4. The predicted octanol–water partition coefficient (Wildman–Crippen LogP) is -13.6. The number of hydrogen-bond donors (Lipinski definition) is 17. The standard InChI is InChI=1S/C46H69N19O20S3/c47-25-23-86-10-1-27(66)48-4-7-63-44(83)64-8-5-49-28(67)2-11-87-24-26(61-38(77)21-57-34(73)17-53-30(69)13-51-32(71)15-55-36(75)19-59-40(25)79)41(80)60-20-37(76)56-16-33(72)52-14-31(70)54-18-35(74)58-22-39(78)62-42(43(81)82)88-12-3-29(68)50-6-9-65(45(63)84)46(64)85/h25-26,42H,1-24,47H2,(H,48,66)(H,49,67)(H,50,68)(H,51,71)(H,52,72)(H,53,69)(H,54,70)(H,55,75)(H,56,76)(H,57,73)(H,58,74)(H,59,79)(H,60,80)(H,61,77)(H,62,78)(H,81,82)/t25-,26-,42-/m0/s1. The van der Waals surface area contributed by atoms with E-state index in [1.807, 2.05) is 0 Å². The minimum Gasteiger partial charge on any atom is -0.479 e. The van der Waals surface area contributed by atoms with Crippen LogP contribution in [-0.2, 0) is 96.3 Å². The Morgan fingerprint density at radius 3 is 1.01 bits per heavy atom. The molecule has 3 heterocycles. The van der Waals surface area contributed by atoms with Crippen LogP contribution in [0.1, 0.15) is 19.3 Å². The number of rotatable bonds is 1. The SMILES string of the molecule is N[C@H]1CSCCC(=O)NCCn2c(=O)n3c(=O)n(c2=O)CCNC(=O)CCS[C@@H](C(=O)O)NC(=O)CNC(=O)CNC(=O)CNC(=O)CNC(=O)CNC(=O)[C@H](CSCCC(=O)NCC3)NC(=O)CNC(=O)CNC(=O)CNC(=O)CNC(=O)CNC1=O. The van der Waals surface area contributed by atoms with Gasteiger partial charge in [0.1, 0.15) is 6.04 Å². The highest BCUT2D eigenvalue weighted by Gasteiger charge is 2.25. The van der Waals surface area contributed by atoms with E-state index in [0.29, 0.717) is 25.5 Å². The van der Waals surface area contributed by atoms with E-state index in [4.69, 9.17) is 5.73 Å². The van der Waals surface area contributed by atoms with Crippen molar-refractivity contribution in [2.75, 3.05) is 114 Å². The van der Waals surface area contributed by atoms with E-state index in [1.165, 1.54) is 0 Å². The summed E-state index contributed by atoms with van der Waals surface area (Å²) in [7, 11) is 0. The van der Waals surface area contributed by atoms with Gasteiger partial charge < -0.3 is 90.6 Å². The van der Waals surface area contributed by atoms with Crippen LogP contribution in [0.2, 0.25) is 0 Å². The van der Waals surface area contributed by atoms with Crippen molar-refractivity contribution in [3.63, 3.8) is 0 Å². The molecule has 4 bridgehead atoms. The zero-order valence-electron chi connectivity index (χ0n) is 47.1. The predicted molar refractivity (Wildman–Crippen MR) is 309 cm³/mol. The van der Waals surface area contributed by atoms with E-state index in [2.05, 4.69) is 79.8 Å². The summed E-state index contributed by atoms with van der Waals surface area (Å²) >= 11 is 2.66. The second-order valence-corrected chi connectivity index (χ2v) is 21.8. The Bertz CT molecular complexity index is 2960. The minimum atomic E-state index is -1.61. The fourth-order valence-electron chi connectivity index (χ4n) is 6.85. The Morgan fingerprint density at radius 2 is 0.659 bits per heavy atom. The monoisotopic (exact) mass is 1300 g/mol. The van der Waals surface area contributed by atoms with Crippen LogP contribution in [0.25, 0.3) is 0 Å². The van der Waals surface area contributed by atoms with Gasteiger partial charge in [-0.2, -0.15) is 23.5 Å². The van der Waals surface area contributed by atoms with Gasteiger partial charge in [0.05, 0.1) is 71.5 Å². The number of carbonyl (C=O) groups is 16. The number of carbonyl (C=O) groups excluding carboxylic acids is 15. The van der Waals surface area contributed by atoms with E-state index < -0.39 is 221 Å². The molecule has 2 aliphatic heterocycles. The van der Waals surface area contributed by atoms with E-state index in [9.17, 15) is 96.2 Å². The third kappa shape index (κ3) is 29.4. The van der Waals surface area contributed by atoms with Crippen molar-refractivity contribution in [3.8, 4) is 0 Å². The maximum atomic E-state index is 13.7. The van der Waals surface area contributed by atoms with Crippen molar-refractivity contribution in [1.82, 2.24) is 93.5 Å². The first kappa shape index (κ1) is 73.2. The lowest BCUT2D eigenvalue weighted by atomic mass is 10.3. The Kier molecular flexibility index (Phi) is 32.9. The Hall–Kier alpha value is -9.06. The van der Waals surface area contributed by atoms with Crippen molar-refractivity contribution in [3.05, 3.63) is 31.5 Å². The number of nitrogens with two attached hydrogens (primary N) is 1. The molecule has 486 valence electrons. The smallest absolute Gasteiger partial charge is 0.336 e. The maximum Gasteiger partial charge on any atom is 0.336 e. The van der Waals surface area contributed by atoms with Gasteiger partial charge in [0.2, 0.25) is 88.6 Å². The zero-order chi connectivity index (χ0) is 65.1. The van der Waals surface area contributed by atoms with Crippen molar-refractivity contribution < 1.29 is 81.8 Å². The van der Waals surface area contributed by atoms with E-state index >= 15 is 0 Å². The second-order valence-electron chi connectivity index (χ2n) is 18.3. The highest BCUT2D eigenvalue weighted by atomic mass is 32.2. The van der Waals surface area contributed by atoms with Crippen LogP contribution >= 0.6 is 35.3 Å². The minimum absolute atomic E-state index is 0.00831. The molecule has 0 saturated heterocycles. The highest BCUT2D eigenvalue weighted by molar-refractivity contribution is 8.00. The molecule has 15 amide bonds. The molecule has 1 aromatic heterocycles. The van der Waals surface area contributed by atoms with Gasteiger partial charge in [-0.05, 0) is 0 Å². The summed E-state index contributed by atoms with van der Waals surface area (Å²) in [5, 5.41) is 42.1. The Morgan fingerprint density at radius 1 is 0.364 bits per heavy atom. The molecule has 2 aliphatic rings. The lowest BCUT2D eigenvalue weighted by Crippen LogP contribution is -2.56. The fraction of sp³-hybridized carbons (Fsp3) is 0.587. The molecule has 88 heavy (non-hydrogen) atoms. The number of hydrogen-bond acceptors (Lipinski definition) is 23. The number of aliphatic carboxylic acids is 1. The molecule has 1 aromatic rings. The molecular weight excluding hydrogens is 1230 g/mol. The fourth-order valence-corrected chi connectivity index (χ4v) is 9.61. The van der Waals surface area contributed by atoms with Gasteiger partial charge in [-0.1, -0.05) is 0 Å². The molecular formula is C46H69N19O20S3. The third-order valence-corrected chi connectivity index (χ3v) is 14.7. The lowest BCUT2D eigenvalue weighted by molar-refractivity contribution is -0.139. The summed E-state index contributed by atoms with van der Waals surface area (Å²) in [6.45, 7) is -9.58. The molecule has 3 rings (SSSR count). The van der Waals surface area contributed by atoms with Crippen LogP contribution in [-0.4, -0.2) is 245 Å². The molecule has 0 aliphatic carbocycles. The molecule has 0 fully saturated rings. The number of amides is 15. The van der Waals surface area contributed by atoms with Crippen LogP contribution in [0.3, 0.4) is 0 Å². The first-order chi connectivity index (χ1) is 41.8. The van der Waals surface area contributed by atoms with E-state index in [0.717, 1.165) is 23.5 Å². The first-order valence-electron chi connectivity index (χ1n) is 26.6. The number of nitrogens with one attached hydrogen (secondary N) is 15. The molecule has 0 aromatic carbocycles. The van der Waals surface area contributed by atoms with Crippen LogP contribution in [0.15, 0.2) is 14.4 Å². The molecule has 3 atom stereocenters. The number of aromatic nitrogens is 3. The zero-order valence-corrected chi connectivity index (χ0v) is 49.5. The summed E-state index contributed by atoms with van der Waals surface area (Å²) in [6, 6.07) is -2.61. The molecule has 0 unspecified atom stereocenters. The van der Waals surface area contributed by atoms with Gasteiger partial charge in [0.15, 0.2) is 5.37 Å². The summed E-state index contributed by atoms with van der Waals surface area (Å²) in [5.41, 5.74) is 2.46. The number of fused-ring (bicyclic) bond motifs is 10. The van der Waals surface area contributed by atoms with Gasteiger partial charge in [0.25, 0.3) is 0 Å². The normalized spacial score (nSPS) is 21.8. The van der Waals surface area contributed by atoms with Crippen LogP contribution in [0.5, 0.6) is 0 Å². The van der Waals surface area contributed by atoms with Gasteiger partial charge in [-0.15, -0.1) is 11.8 Å². The largest absolute Gasteiger partial charge is 0.479 e. The topological polar surface area (TPSA) is 566 Å². The molecule has 18 N–H and O–H groups in total. The average molecular weight is 1300 g/mol. The van der Waals surface area contributed by atoms with Crippen LogP contribution in [0.4, 0.5) is 0 Å². The molecule has 0 saturated carbocycles. The summed E-state index contributed by atoms with van der Waals surface area (Å²) in [4.78, 5) is 242. The molecule has 0 radical (unpaired) electrons. The Balaban J connectivity index is 1.89. The van der Waals surface area contributed by atoms with Gasteiger partial charge in [-0.3, -0.25) is 71.9 Å². The molecule has 39 nitrogen and oxygen atoms in total. The van der Waals surface area contributed by atoms with Crippen molar-refractivity contribution in [2.24, 2.45) is 5.73 Å². The van der Waals surface area contributed by atoms with Gasteiger partial charge >= 0.3 is 23.0 Å². The van der Waals surface area contributed by atoms with Gasteiger partial charge in [-0.25, -0.2) is 32.9 Å². The average Bonchev–Trinajstić information content (AvgIpc) is 2.97.